The average molecular weight is 204 g/mol. The van der Waals surface area contributed by atoms with Gasteiger partial charge in [-0.25, -0.2) is 9.18 Å². The largest absolute Gasteiger partial charge is 0.495 e. The van der Waals surface area contributed by atoms with Gasteiger partial charge in [0.15, 0.2) is 4.88 Å². The molecule has 0 unspecified atom stereocenters. The quantitative estimate of drug-likeness (QED) is 0.706. The van der Waals surface area contributed by atoms with Crippen LogP contribution in [-0.2, 0) is 11.4 Å². The topological polar surface area (TPSA) is 35.5 Å². The van der Waals surface area contributed by atoms with Crippen molar-refractivity contribution in [3.05, 3.63) is 15.8 Å². The van der Waals surface area contributed by atoms with Crippen molar-refractivity contribution in [3.63, 3.8) is 0 Å². The van der Waals surface area contributed by atoms with E-state index < -0.39 is 12.6 Å². The minimum absolute atomic E-state index is 0.303. The lowest BCUT2D eigenvalue weighted by molar-refractivity contribution is 0.0603. The van der Waals surface area contributed by atoms with Gasteiger partial charge in [-0.05, 0) is 6.07 Å². The molecule has 1 rings (SSSR count). The van der Waals surface area contributed by atoms with Gasteiger partial charge >= 0.3 is 5.97 Å². The lowest BCUT2D eigenvalue weighted by atomic mass is 10.4. The molecule has 1 aromatic heterocycles. The summed E-state index contributed by atoms with van der Waals surface area (Å²) >= 11 is 1.04. The summed E-state index contributed by atoms with van der Waals surface area (Å²) in [4.78, 5) is 11.9. The molecule has 3 nitrogen and oxygen atoms in total. The number of halogens is 1. The fraction of sp³-hybridized carbons (Fsp3) is 0.375. The molecule has 0 aromatic carbocycles. The normalized spacial score (nSPS) is 9.77. The highest BCUT2D eigenvalue weighted by Gasteiger charge is 2.17. The van der Waals surface area contributed by atoms with Crippen LogP contribution in [0.25, 0.3) is 0 Å². The van der Waals surface area contributed by atoms with Gasteiger partial charge in [0.1, 0.15) is 12.4 Å². The summed E-state index contributed by atoms with van der Waals surface area (Å²) in [6, 6.07) is 1.50. The van der Waals surface area contributed by atoms with Gasteiger partial charge in [-0.3, -0.25) is 0 Å². The Balaban J connectivity index is 3.03. The van der Waals surface area contributed by atoms with Crippen LogP contribution in [0.15, 0.2) is 6.07 Å². The van der Waals surface area contributed by atoms with Crippen LogP contribution in [0.1, 0.15) is 14.5 Å². The van der Waals surface area contributed by atoms with E-state index in [-0.39, 0.29) is 0 Å². The maximum Gasteiger partial charge on any atom is 0.351 e. The number of esters is 1. The third kappa shape index (κ3) is 1.98. The molecule has 13 heavy (non-hydrogen) atoms. The summed E-state index contributed by atoms with van der Waals surface area (Å²) < 4.78 is 21.6. The highest BCUT2D eigenvalue weighted by molar-refractivity contribution is 7.14. The zero-order valence-electron chi connectivity index (χ0n) is 7.30. The first-order valence-corrected chi connectivity index (χ1v) is 4.35. The number of carbonyl (C=O) groups is 1. The molecule has 0 saturated carbocycles. The second kappa shape index (κ2) is 4.23. The van der Waals surface area contributed by atoms with Gasteiger partial charge < -0.3 is 9.47 Å². The lowest BCUT2D eigenvalue weighted by Gasteiger charge is -1.98. The van der Waals surface area contributed by atoms with E-state index in [1.54, 1.807) is 0 Å². The molecule has 0 aliphatic rings. The average Bonchev–Trinajstić information content (AvgIpc) is 2.59. The first kappa shape index (κ1) is 9.98. The molecule has 1 aromatic rings. The standard InChI is InChI=1S/C8H9FO3S/c1-11-6-3-5(4-9)13-7(6)8(10)12-2/h3H,4H2,1-2H3. The Labute approximate surface area is 79.1 Å². The summed E-state index contributed by atoms with van der Waals surface area (Å²) in [5, 5.41) is 0. The Morgan fingerprint density at radius 1 is 1.62 bits per heavy atom. The number of hydrogen-bond acceptors (Lipinski definition) is 4. The highest BCUT2D eigenvalue weighted by atomic mass is 32.1. The van der Waals surface area contributed by atoms with Crippen molar-refractivity contribution in [1.82, 2.24) is 0 Å². The molecule has 0 aliphatic carbocycles. The molecule has 0 radical (unpaired) electrons. The van der Waals surface area contributed by atoms with E-state index in [2.05, 4.69) is 4.74 Å². The molecule has 0 aliphatic heterocycles. The molecule has 0 N–H and O–H groups in total. The third-order valence-corrected chi connectivity index (χ3v) is 2.53. The van der Waals surface area contributed by atoms with Crippen molar-refractivity contribution in [2.24, 2.45) is 0 Å². The van der Waals surface area contributed by atoms with Crippen LogP contribution >= 0.6 is 11.3 Å². The van der Waals surface area contributed by atoms with Crippen LogP contribution in [0.5, 0.6) is 5.75 Å². The van der Waals surface area contributed by atoms with Gasteiger partial charge in [-0.15, -0.1) is 11.3 Å². The van der Waals surface area contributed by atoms with Crippen LogP contribution in [0.2, 0.25) is 0 Å². The Kier molecular flexibility index (Phi) is 3.25. The molecule has 0 spiro atoms. The van der Waals surface area contributed by atoms with Crippen molar-refractivity contribution >= 4 is 17.3 Å². The summed E-state index contributed by atoms with van der Waals surface area (Å²) in [6.07, 6.45) is 0. The first-order valence-electron chi connectivity index (χ1n) is 3.54. The summed E-state index contributed by atoms with van der Waals surface area (Å²) in [7, 11) is 2.70. The number of alkyl halides is 1. The number of carbonyl (C=O) groups excluding carboxylic acids is 1. The van der Waals surface area contributed by atoms with Crippen molar-refractivity contribution < 1.29 is 18.7 Å². The number of ether oxygens (including phenoxy) is 2. The van der Waals surface area contributed by atoms with Crippen LogP contribution in [-0.4, -0.2) is 20.2 Å². The SMILES string of the molecule is COC(=O)c1sc(CF)cc1OC. The van der Waals surface area contributed by atoms with Crippen molar-refractivity contribution in [1.29, 1.82) is 0 Å². The summed E-state index contributed by atoms with van der Waals surface area (Å²) in [5.41, 5.74) is 0. The number of methoxy groups -OCH3 is 2. The zero-order chi connectivity index (χ0) is 9.84. The predicted molar refractivity (Wildman–Crippen MR) is 47.0 cm³/mol. The van der Waals surface area contributed by atoms with Gasteiger partial charge in [-0.2, -0.15) is 0 Å². The smallest absolute Gasteiger partial charge is 0.351 e. The fourth-order valence-corrected chi connectivity index (χ4v) is 1.77. The zero-order valence-corrected chi connectivity index (χ0v) is 8.11. The van der Waals surface area contributed by atoms with Gasteiger partial charge in [0, 0.05) is 4.88 Å². The van der Waals surface area contributed by atoms with E-state index in [9.17, 15) is 9.18 Å². The molecule has 0 amide bonds. The first-order chi connectivity index (χ1) is 6.22. The summed E-state index contributed by atoms with van der Waals surface area (Å²) in [5.74, 6) is -0.133. The molecule has 1 heterocycles. The second-order valence-corrected chi connectivity index (χ2v) is 3.37. The second-order valence-electron chi connectivity index (χ2n) is 2.24. The maximum absolute atomic E-state index is 12.2. The Hall–Kier alpha value is -1.10. The molecule has 0 bridgehead atoms. The Morgan fingerprint density at radius 3 is 2.77 bits per heavy atom. The van der Waals surface area contributed by atoms with E-state index in [1.807, 2.05) is 0 Å². The van der Waals surface area contributed by atoms with Crippen LogP contribution in [0.4, 0.5) is 4.39 Å². The Morgan fingerprint density at radius 2 is 2.31 bits per heavy atom. The number of hydrogen-bond donors (Lipinski definition) is 0. The third-order valence-electron chi connectivity index (χ3n) is 1.47. The van der Waals surface area contributed by atoms with E-state index in [4.69, 9.17) is 4.74 Å². The minimum atomic E-state index is -0.599. The summed E-state index contributed by atoms with van der Waals surface area (Å²) in [6.45, 7) is -0.599. The molecule has 72 valence electrons. The van der Waals surface area contributed by atoms with Crippen molar-refractivity contribution in [2.75, 3.05) is 14.2 Å². The van der Waals surface area contributed by atoms with Gasteiger partial charge in [-0.1, -0.05) is 0 Å². The monoisotopic (exact) mass is 204 g/mol. The minimum Gasteiger partial charge on any atom is -0.495 e. The van der Waals surface area contributed by atoms with Gasteiger partial charge in [0.2, 0.25) is 0 Å². The van der Waals surface area contributed by atoms with Crippen molar-refractivity contribution in [3.8, 4) is 5.75 Å². The van der Waals surface area contributed by atoms with Crippen LogP contribution < -0.4 is 4.74 Å². The number of thiophene rings is 1. The van der Waals surface area contributed by atoms with Gasteiger partial charge in [0.25, 0.3) is 0 Å². The number of rotatable bonds is 3. The molecule has 0 saturated heterocycles. The molecule has 5 heteroatoms. The fourth-order valence-electron chi connectivity index (χ4n) is 0.875. The van der Waals surface area contributed by atoms with E-state index in [0.717, 1.165) is 11.3 Å². The lowest BCUT2D eigenvalue weighted by Crippen LogP contribution is -1.99. The van der Waals surface area contributed by atoms with E-state index >= 15 is 0 Å². The molecule has 0 atom stereocenters. The predicted octanol–water partition coefficient (Wildman–Crippen LogP) is 2.01. The van der Waals surface area contributed by atoms with Crippen LogP contribution in [0, 0.1) is 0 Å². The molecular formula is C8H9FO3S. The van der Waals surface area contributed by atoms with E-state index in [1.165, 1.54) is 20.3 Å². The van der Waals surface area contributed by atoms with Crippen LogP contribution in [0.3, 0.4) is 0 Å². The Bertz CT molecular complexity index is 308. The van der Waals surface area contributed by atoms with Gasteiger partial charge in [0.05, 0.1) is 14.2 Å². The van der Waals surface area contributed by atoms with E-state index in [0.29, 0.717) is 15.5 Å². The molecular weight excluding hydrogens is 195 g/mol. The molecule has 0 fully saturated rings. The van der Waals surface area contributed by atoms with Crippen molar-refractivity contribution in [2.45, 2.75) is 6.67 Å². The maximum atomic E-state index is 12.2. The highest BCUT2D eigenvalue weighted by Crippen LogP contribution is 2.30.